The second kappa shape index (κ2) is 5.22. The van der Waals surface area contributed by atoms with Gasteiger partial charge in [-0.2, -0.15) is 12.7 Å². The first kappa shape index (κ1) is 13.3. The van der Waals surface area contributed by atoms with Gasteiger partial charge >= 0.3 is 0 Å². The SMILES string of the molecule is NCCC1(CNS(=O)(=O)N2CCCCC2)CC1. The van der Waals surface area contributed by atoms with Crippen LogP contribution in [0.5, 0.6) is 0 Å². The van der Waals surface area contributed by atoms with Gasteiger partial charge in [-0.25, -0.2) is 4.72 Å². The molecule has 0 spiro atoms. The number of rotatable bonds is 6. The standard InChI is InChI=1S/C11H23N3O2S/c12-7-6-11(4-5-11)10-13-17(15,16)14-8-2-1-3-9-14/h13H,1-10,12H2. The lowest BCUT2D eigenvalue weighted by molar-refractivity contribution is 0.337. The average molecular weight is 261 g/mol. The van der Waals surface area contributed by atoms with Crippen LogP contribution in [0.3, 0.4) is 0 Å². The maximum absolute atomic E-state index is 12.0. The molecule has 0 amide bonds. The number of nitrogens with two attached hydrogens (primary N) is 1. The molecule has 6 heteroatoms. The molecule has 3 N–H and O–H groups in total. The number of hydrogen-bond donors (Lipinski definition) is 2. The monoisotopic (exact) mass is 261 g/mol. The Kier molecular flexibility index (Phi) is 4.07. The summed E-state index contributed by atoms with van der Waals surface area (Å²) in [4.78, 5) is 0. The maximum atomic E-state index is 12.0. The fourth-order valence-electron chi connectivity index (χ4n) is 2.44. The lowest BCUT2D eigenvalue weighted by Gasteiger charge is -2.27. The van der Waals surface area contributed by atoms with E-state index in [1.54, 1.807) is 4.31 Å². The van der Waals surface area contributed by atoms with Crippen LogP contribution in [0.4, 0.5) is 0 Å². The van der Waals surface area contributed by atoms with Gasteiger partial charge in [-0.05, 0) is 44.1 Å². The first-order valence-corrected chi connectivity index (χ1v) is 7.97. The summed E-state index contributed by atoms with van der Waals surface area (Å²) in [6.07, 6.45) is 6.24. The third-order valence-corrected chi connectivity index (χ3v) is 5.47. The first-order chi connectivity index (χ1) is 8.08. The predicted molar refractivity (Wildman–Crippen MR) is 67.7 cm³/mol. The Labute approximate surface area is 104 Å². The Hall–Kier alpha value is -0.170. The zero-order valence-electron chi connectivity index (χ0n) is 10.3. The molecule has 1 heterocycles. The number of hydrogen-bond acceptors (Lipinski definition) is 3. The molecule has 1 aliphatic heterocycles. The highest BCUT2D eigenvalue weighted by Crippen LogP contribution is 2.47. The number of nitrogens with one attached hydrogen (secondary N) is 1. The van der Waals surface area contributed by atoms with E-state index in [4.69, 9.17) is 5.73 Å². The van der Waals surface area contributed by atoms with Crippen LogP contribution in [0.25, 0.3) is 0 Å². The molecule has 2 aliphatic rings. The van der Waals surface area contributed by atoms with Crippen molar-refractivity contribution in [2.45, 2.75) is 38.5 Å². The molecular formula is C11H23N3O2S. The molecule has 1 saturated heterocycles. The highest BCUT2D eigenvalue weighted by Gasteiger charge is 2.42. The molecule has 0 bridgehead atoms. The van der Waals surface area contributed by atoms with Crippen molar-refractivity contribution in [1.82, 2.24) is 9.03 Å². The van der Waals surface area contributed by atoms with E-state index in [2.05, 4.69) is 4.72 Å². The van der Waals surface area contributed by atoms with Gasteiger partial charge in [-0.15, -0.1) is 0 Å². The van der Waals surface area contributed by atoms with Gasteiger partial charge in [0, 0.05) is 19.6 Å². The molecule has 1 saturated carbocycles. The number of nitrogens with zero attached hydrogens (tertiary/aromatic N) is 1. The molecule has 5 nitrogen and oxygen atoms in total. The van der Waals surface area contributed by atoms with Crippen molar-refractivity contribution in [3.63, 3.8) is 0 Å². The van der Waals surface area contributed by atoms with Gasteiger partial charge in [-0.3, -0.25) is 0 Å². The second-order valence-corrected chi connectivity index (χ2v) is 7.08. The first-order valence-electron chi connectivity index (χ1n) is 6.53. The maximum Gasteiger partial charge on any atom is 0.279 e. The van der Waals surface area contributed by atoms with Gasteiger partial charge in [-0.1, -0.05) is 6.42 Å². The molecule has 2 rings (SSSR count). The molecule has 0 aromatic heterocycles. The molecule has 0 aromatic carbocycles. The van der Waals surface area contributed by atoms with E-state index in [0.717, 1.165) is 38.5 Å². The van der Waals surface area contributed by atoms with Gasteiger partial charge < -0.3 is 5.73 Å². The second-order valence-electron chi connectivity index (χ2n) is 5.32. The van der Waals surface area contributed by atoms with Crippen LogP contribution in [0.1, 0.15) is 38.5 Å². The fourth-order valence-corrected chi connectivity index (χ4v) is 3.85. The zero-order valence-corrected chi connectivity index (χ0v) is 11.1. The van der Waals surface area contributed by atoms with Crippen molar-refractivity contribution in [2.24, 2.45) is 11.1 Å². The van der Waals surface area contributed by atoms with Crippen molar-refractivity contribution in [1.29, 1.82) is 0 Å². The Morgan fingerprint density at radius 3 is 2.35 bits per heavy atom. The van der Waals surface area contributed by atoms with E-state index in [-0.39, 0.29) is 5.41 Å². The summed E-state index contributed by atoms with van der Waals surface area (Å²) in [6, 6.07) is 0. The van der Waals surface area contributed by atoms with E-state index < -0.39 is 10.2 Å². The Morgan fingerprint density at radius 2 is 1.82 bits per heavy atom. The highest BCUT2D eigenvalue weighted by atomic mass is 32.2. The van der Waals surface area contributed by atoms with Gasteiger partial charge in [0.05, 0.1) is 0 Å². The normalized spacial score (nSPS) is 24.8. The molecule has 100 valence electrons. The van der Waals surface area contributed by atoms with E-state index in [1.165, 1.54) is 0 Å². The summed E-state index contributed by atoms with van der Waals surface area (Å²) < 4.78 is 28.4. The van der Waals surface area contributed by atoms with Crippen LogP contribution < -0.4 is 10.5 Å². The van der Waals surface area contributed by atoms with Crippen LogP contribution in [-0.4, -0.2) is 38.9 Å². The summed E-state index contributed by atoms with van der Waals surface area (Å²) in [5.41, 5.74) is 5.71. The van der Waals surface area contributed by atoms with Crippen molar-refractivity contribution in [3.05, 3.63) is 0 Å². The summed E-state index contributed by atoms with van der Waals surface area (Å²) in [5, 5.41) is 0. The summed E-state index contributed by atoms with van der Waals surface area (Å²) in [7, 11) is -3.25. The molecular weight excluding hydrogens is 238 g/mol. The van der Waals surface area contributed by atoms with Gasteiger partial charge in [0.1, 0.15) is 0 Å². The minimum atomic E-state index is -3.25. The average Bonchev–Trinajstić information content (AvgIpc) is 3.09. The predicted octanol–water partition coefficient (Wildman–Crippen LogP) is 0.436. The van der Waals surface area contributed by atoms with E-state index in [9.17, 15) is 8.42 Å². The third-order valence-electron chi connectivity index (χ3n) is 3.92. The smallest absolute Gasteiger partial charge is 0.279 e. The fraction of sp³-hybridized carbons (Fsp3) is 1.00. The van der Waals surface area contributed by atoms with Gasteiger partial charge in [0.15, 0.2) is 0 Å². The zero-order chi connectivity index (χ0) is 12.4. The summed E-state index contributed by atoms with van der Waals surface area (Å²) in [5.74, 6) is 0. The van der Waals surface area contributed by atoms with Crippen molar-refractivity contribution < 1.29 is 8.42 Å². The number of piperidine rings is 1. The molecule has 0 unspecified atom stereocenters. The Balaban J connectivity index is 1.84. The quantitative estimate of drug-likeness (QED) is 0.728. The molecule has 2 fully saturated rings. The molecule has 0 radical (unpaired) electrons. The van der Waals surface area contributed by atoms with Crippen LogP contribution in [0.2, 0.25) is 0 Å². The van der Waals surface area contributed by atoms with Gasteiger partial charge in [0.25, 0.3) is 10.2 Å². The van der Waals surface area contributed by atoms with Crippen molar-refractivity contribution in [3.8, 4) is 0 Å². The lowest BCUT2D eigenvalue weighted by atomic mass is 10.0. The van der Waals surface area contributed by atoms with Crippen LogP contribution in [0, 0.1) is 5.41 Å². The third kappa shape index (κ3) is 3.40. The Bertz CT molecular complexity index is 346. The lowest BCUT2D eigenvalue weighted by Crippen LogP contribution is -2.45. The molecule has 0 aromatic rings. The van der Waals surface area contributed by atoms with Crippen molar-refractivity contribution >= 4 is 10.2 Å². The summed E-state index contributed by atoms with van der Waals surface area (Å²) >= 11 is 0. The topological polar surface area (TPSA) is 75.4 Å². The van der Waals surface area contributed by atoms with Crippen LogP contribution in [-0.2, 0) is 10.2 Å². The molecule has 17 heavy (non-hydrogen) atoms. The van der Waals surface area contributed by atoms with Crippen molar-refractivity contribution in [2.75, 3.05) is 26.2 Å². The Morgan fingerprint density at radius 1 is 1.18 bits per heavy atom. The van der Waals surface area contributed by atoms with Gasteiger partial charge in [0.2, 0.25) is 0 Å². The van der Waals surface area contributed by atoms with E-state index in [1.807, 2.05) is 0 Å². The highest BCUT2D eigenvalue weighted by molar-refractivity contribution is 7.87. The van der Waals surface area contributed by atoms with E-state index >= 15 is 0 Å². The van der Waals surface area contributed by atoms with E-state index in [0.29, 0.717) is 26.2 Å². The molecule has 1 aliphatic carbocycles. The summed E-state index contributed by atoms with van der Waals surface area (Å²) in [6.45, 7) is 2.53. The minimum absolute atomic E-state index is 0.164. The minimum Gasteiger partial charge on any atom is -0.330 e. The van der Waals surface area contributed by atoms with Crippen LogP contribution in [0.15, 0.2) is 0 Å². The molecule has 0 atom stereocenters. The van der Waals surface area contributed by atoms with Crippen LogP contribution >= 0.6 is 0 Å². The largest absolute Gasteiger partial charge is 0.330 e.